The van der Waals surface area contributed by atoms with Crippen molar-refractivity contribution in [2.24, 2.45) is 5.10 Å². The Kier molecular flexibility index (Phi) is 3.00. The molecule has 0 aliphatic carbocycles. The summed E-state index contributed by atoms with van der Waals surface area (Å²) in [5.74, 6) is -0.374. The van der Waals surface area contributed by atoms with Crippen molar-refractivity contribution in [3.05, 3.63) is 46.5 Å². The first-order valence-corrected chi connectivity index (χ1v) is 4.96. The second-order valence-corrected chi connectivity index (χ2v) is 3.49. The maximum Gasteiger partial charge on any atom is 0.311 e. The van der Waals surface area contributed by atoms with Gasteiger partial charge in [-0.3, -0.25) is 10.1 Å². The SMILES string of the molecule is C/C(=N\n1cnnc1)c1ccc(O)c([N+](=O)[O-])c1. The number of nitro groups is 1. The van der Waals surface area contributed by atoms with Gasteiger partial charge in [0, 0.05) is 11.6 Å². The van der Waals surface area contributed by atoms with Crippen molar-refractivity contribution in [3.8, 4) is 5.75 Å². The summed E-state index contributed by atoms with van der Waals surface area (Å²) in [4.78, 5) is 10.0. The molecule has 0 saturated carbocycles. The minimum Gasteiger partial charge on any atom is -0.502 e. The van der Waals surface area contributed by atoms with Gasteiger partial charge in [-0.1, -0.05) is 0 Å². The van der Waals surface area contributed by atoms with Gasteiger partial charge in [-0.25, -0.2) is 4.68 Å². The molecule has 0 amide bonds. The van der Waals surface area contributed by atoms with E-state index in [-0.39, 0.29) is 11.4 Å². The fourth-order valence-electron chi connectivity index (χ4n) is 1.37. The van der Waals surface area contributed by atoms with E-state index >= 15 is 0 Å². The third-order valence-electron chi connectivity index (χ3n) is 2.26. The quantitative estimate of drug-likeness (QED) is 0.497. The maximum atomic E-state index is 10.7. The van der Waals surface area contributed by atoms with Crippen LogP contribution in [0.4, 0.5) is 5.69 Å². The lowest BCUT2D eigenvalue weighted by atomic mass is 10.1. The molecule has 1 aromatic carbocycles. The first-order valence-electron chi connectivity index (χ1n) is 4.96. The van der Waals surface area contributed by atoms with E-state index in [9.17, 15) is 15.2 Å². The number of aromatic hydroxyl groups is 1. The standard InChI is InChI=1S/C10H9N5O3/c1-7(13-14-5-11-12-6-14)8-2-3-10(16)9(4-8)15(17)18/h2-6,16H,1H3/b13-7+. The van der Waals surface area contributed by atoms with Crippen LogP contribution < -0.4 is 0 Å². The fraction of sp³-hybridized carbons (Fsp3) is 0.100. The van der Waals surface area contributed by atoms with Crippen LogP contribution >= 0.6 is 0 Å². The average Bonchev–Trinajstić information content (AvgIpc) is 2.81. The summed E-state index contributed by atoms with van der Waals surface area (Å²) in [5, 5.41) is 31.3. The van der Waals surface area contributed by atoms with Gasteiger partial charge in [0.15, 0.2) is 5.75 Å². The van der Waals surface area contributed by atoms with Crippen LogP contribution in [-0.2, 0) is 0 Å². The lowest BCUT2D eigenvalue weighted by Crippen LogP contribution is -2.00. The molecule has 0 aliphatic heterocycles. The molecule has 0 atom stereocenters. The highest BCUT2D eigenvalue weighted by atomic mass is 16.6. The summed E-state index contributed by atoms with van der Waals surface area (Å²) in [6.45, 7) is 1.69. The van der Waals surface area contributed by atoms with E-state index in [2.05, 4.69) is 15.3 Å². The number of hydrogen-bond donors (Lipinski definition) is 1. The number of aromatic nitrogens is 3. The Morgan fingerprint density at radius 3 is 2.72 bits per heavy atom. The van der Waals surface area contributed by atoms with Gasteiger partial charge < -0.3 is 5.11 Å². The molecule has 0 spiro atoms. The van der Waals surface area contributed by atoms with Crippen LogP contribution in [-0.4, -0.2) is 30.6 Å². The largest absolute Gasteiger partial charge is 0.502 e. The van der Waals surface area contributed by atoms with Crippen molar-refractivity contribution in [1.82, 2.24) is 14.9 Å². The number of nitro benzene ring substituents is 1. The van der Waals surface area contributed by atoms with Gasteiger partial charge in [-0.15, -0.1) is 10.2 Å². The van der Waals surface area contributed by atoms with Crippen LogP contribution in [0.3, 0.4) is 0 Å². The number of phenolic OH excluding ortho intramolecular Hbond substituents is 1. The van der Waals surface area contributed by atoms with Crippen LogP contribution in [0.1, 0.15) is 12.5 Å². The van der Waals surface area contributed by atoms with E-state index < -0.39 is 4.92 Å². The summed E-state index contributed by atoms with van der Waals surface area (Å²) in [6, 6.07) is 4.07. The average molecular weight is 247 g/mol. The van der Waals surface area contributed by atoms with E-state index in [0.29, 0.717) is 11.3 Å². The van der Waals surface area contributed by atoms with Gasteiger partial charge in [0.2, 0.25) is 0 Å². The Hall–Kier alpha value is -2.77. The maximum absolute atomic E-state index is 10.7. The van der Waals surface area contributed by atoms with E-state index in [4.69, 9.17) is 0 Å². The van der Waals surface area contributed by atoms with E-state index in [1.54, 1.807) is 13.0 Å². The zero-order chi connectivity index (χ0) is 13.1. The van der Waals surface area contributed by atoms with Crippen LogP contribution in [0.25, 0.3) is 0 Å². The van der Waals surface area contributed by atoms with Crippen molar-refractivity contribution in [3.63, 3.8) is 0 Å². The number of hydrogen-bond acceptors (Lipinski definition) is 6. The molecular weight excluding hydrogens is 238 g/mol. The smallest absolute Gasteiger partial charge is 0.311 e. The van der Waals surface area contributed by atoms with Crippen molar-refractivity contribution >= 4 is 11.4 Å². The minimum absolute atomic E-state index is 0.356. The molecule has 1 N–H and O–H groups in total. The summed E-state index contributed by atoms with van der Waals surface area (Å²) in [6.07, 6.45) is 2.80. The molecule has 0 aliphatic rings. The topological polar surface area (TPSA) is 106 Å². The third kappa shape index (κ3) is 2.32. The molecule has 1 heterocycles. The molecule has 8 heteroatoms. The second-order valence-electron chi connectivity index (χ2n) is 3.49. The minimum atomic E-state index is -0.648. The molecule has 2 rings (SSSR count). The van der Waals surface area contributed by atoms with Crippen molar-refractivity contribution in [2.75, 3.05) is 0 Å². The van der Waals surface area contributed by atoms with Gasteiger partial charge in [-0.2, -0.15) is 5.10 Å². The number of phenols is 1. The van der Waals surface area contributed by atoms with E-state index in [1.165, 1.54) is 29.5 Å². The molecule has 1 aromatic heterocycles. The van der Waals surface area contributed by atoms with Crippen molar-refractivity contribution in [2.45, 2.75) is 6.92 Å². The Morgan fingerprint density at radius 2 is 2.11 bits per heavy atom. The zero-order valence-corrected chi connectivity index (χ0v) is 9.39. The highest BCUT2D eigenvalue weighted by Gasteiger charge is 2.14. The van der Waals surface area contributed by atoms with Gasteiger partial charge in [-0.05, 0) is 19.1 Å². The normalized spacial score (nSPS) is 11.5. The lowest BCUT2D eigenvalue weighted by Gasteiger charge is -2.02. The fourth-order valence-corrected chi connectivity index (χ4v) is 1.37. The van der Waals surface area contributed by atoms with Gasteiger partial charge in [0.1, 0.15) is 12.7 Å². The predicted octanol–water partition coefficient (Wildman–Crippen LogP) is 1.16. The predicted molar refractivity (Wildman–Crippen MR) is 62.4 cm³/mol. The molecule has 8 nitrogen and oxygen atoms in total. The van der Waals surface area contributed by atoms with Crippen LogP contribution in [0.2, 0.25) is 0 Å². The van der Waals surface area contributed by atoms with Crippen LogP contribution in [0.15, 0.2) is 36.0 Å². The zero-order valence-electron chi connectivity index (χ0n) is 9.39. The molecular formula is C10H9N5O3. The Bertz CT molecular complexity index is 606. The molecule has 2 aromatic rings. The van der Waals surface area contributed by atoms with Crippen molar-refractivity contribution in [1.29, 1.82) is 0 Å². The van der Waals surface area contributed by atoms with Gasteiger partial charge in [0.05, 0.1) is 10.6 Å². The Morgan fingerprint density at radius 1 is 1.44 bits per heavy atom. The highest BCUT2D eigenvalue weighted by molar-refractivity contribution is 5.99. The van der Waals surface area contributed by atoms with Crippen molar-refractivity contribution < 1.29 is 10.0 Å². The number of rotatable bonds is 3. The number of nitrogens with zero attached hydrogens (tertiary/aromatic N) is 5. The molecule has 92 valence electrons. The van der Waals surface area contributed by atoms with Crippen LogP contribution in [0.5, 0.6) is 5.75 Å². The second kappa shape index (κ2) is 4.62. The molecule has 0 radical (unpaired) electrons. The molecule has 0 saturated heterocycles. The van der Waals surface area contributed by atoms with E-state index in [0.717, 1.165) is 0 Å². The summed E-state index contributed by atoms with van der Waals surface area (Å²) >= 11 is 0. The van der Waals surface area contributed by atoms with Crippen LogP contribution in [0, 0.1) is 10.1 Å². The molecule has 0 unspecified atom stereocenters. The molecule has 0 fully saturated rings. The Labute approximate surface area is 101 Å². The first-order chi connectivity index (χ1) is 8.58. The van der Waals surface area contributed by atoms with E-state index in [1.807, 2.05) is 0 Å². The summed E-state index contributed by atoms with van der Waals surface area (Å²) < 4.78 is 1.38. The van der Waals surface area contributed by atoms with Gasteiger partial charge >= 0.3 is 5.69 Å². The Balaban J connectivity index is 2.40. The van der Waals surface area contributed by atoms with Gasteiger partial charge in [0.25, 0.3) is 0 Å². The molecule has 0 bridgehead atoms. The summed E-state index contributed by atoms with van der Waals surface area (Å²) in [5.41, 5.74) is 0.719. The highest BCUT2D eigenvalue weighted by Crippen LogP contribution is 2.26. The molecule has 18 heavy (non-hydrogen) atoms. The number of benzene rings is 1. The monoisotopic (exact) mass is 247 g/mol. The lowest BCUT2D eigenvalue weighted by molar-refractivity contribution is -0.385. The summed E-state index contributed by atoms with van der Waals surface area (Å²) in [7, 11) is 0. The third-order valence-corrected chi connectivity index (χ3v) is 2.26. The first kappa shape index (κ1) is 11.7.